The third-order valence-electron chi connectivity index (χ3n) is 3.37. The Labute approximate surface area is 131 Å². The molecule has 0 N–H and O–H groups in total. The number of benzene rings is 1. The molecule has 0 aliphatic rings. The molecule has 5 heteroatoms. The van der Waals surface area contributed by atoms with Gasteiger partial charge in [0.15, 0.2) is 5.75 Å². The fourth-order valence-corrected chi connectivity index (χ4v) is 2.33. The van der Waals surface area contributed by atoms with E-state index in [4.69, 9.17) is 16.3 Å². The third kappa shape index (κ3) is 7.32. The Kier molecular flexibility index (Phi) is 8.83. The first-order chi connectivity index (χ1) is 10.1. The summed E-state index contributed by atoms with van der Waals surface area (Å²) in [4.78, 5) is 10.4. The summed E-state index contributed by atoms with van der Waals surface area (Å²) in [6, 6.07) is 4.39. The van der Waals surface area contributed by atoms with Crippen molar-refractivity contribution in [2.45, 2.75) is 58.3 Å². The summed E-state index contributed by atoms with van der Waals surface area (Å²) >= 11 is 5.84. The van der Waals surface area contributed by atoms with Crippen molar-refractivity contribution < 1.29 is 9.66 Å². The van der Waals surface area contributed by atoms with Gasteiger partial charge in [0.25, 0.3) is 0 Å². The number of nitrogens with zero attached hydrogens (tertiary/aromatic N) is 1. The summed E-state index contributed by atoms with van der Waals surface area (Å²) in [6.07, 6.45) is 9.68. The second-order valence-electron chi connectivity index (χ2n) is 5.19. The highest BCUT2D eigenvalue weighted by atomic mass is 35.5. The van der Waals surface area contributed by atoms with Crippen molar-refractivity contribution >= 4 is 17.3 Å². The molecule has 4 nitrogen and oxygen atoms in total. The van der Waals surface area contributed by atoms with Crippen LogP contribution >= 0.6 is 11.6 Å². The number of hydrogen-bond acceptors (Lipinski definition) is 3. The van der Waals surface area contributed by atoms with Crippen LogP contribution in [-0.4, -0.2) is 11.5 Å². The monoisotopic (exact) mass is 313 g/mol. The van der Waals surface area contributed by atoms with Crippen LogP contribution in [-0.2, 0) is 0 Å². The van der Waals surface area contributed by atoms with Crippen molar-refractivity contribution in [3.05, 3.63) is 33.3 Å². The van der Waals surface area contributed by atoms with Crippen LogP contribution in [0.15, 0.2) is 18.2 Å². The first kappa shape index (κ1) is 17.8. The third-order valence-corrected chi connectivity index (χ3v) is 3.61. The lowest BCUT2D eigenvalue weighted by molar-refractivity contribution is -0.385. The molecule has 118 valence electrons. The molecule has 0 spiro atoms. The molecule has 0 saturated heterocycles. The Morgan fingerprint density at radius 2 is 1.71 bits per heavy atom. The molecule has 0 fully saturated rings. The quantitative estimate of drug-likeness (QED) is 0.296. The van der Waals surface area contributed by atoms with Gasteiger partial charge < -0.3 is 4.74 Å². The summed E-state index contributed by atoms with van der Waals surface area (Å²) in [5.74, 6) is 0.260. The van der Waals surface area contributed by atoms with Crippen molar-refractivity contribution in [1.29, 1.82) is 0 Å². The predicted molar refractivity (Wildman–Crippen MR) is 86.2 cm³/mol. The smallest absolute Gasteiger partial charge is 0.311 e. The van der Waals surface area contributed by atoms with Crippen molar-refractivity contribution in [1.82, 2.24) is 0 Å². The Bertz CT molecular complexity index is 438. The zero-order chi connectivity index (χ0) is 15.5. The van der Waals surface area contributed by atoms with Crippen LogP contribution in [0.2, 0.25) is 5.02 Å². The Hall–Kier alpha value is -1.29. The highest BCUT2D eigenvalue weighted by Crippen LogP contribution is 2.30. The number of rotatable bonds is 11. The van der Waals surface area contributed by atoms with Gasteiger partial charge in [-0.2, -0.15) is 0 Å². The van der Waals surface area contributed by atoms with Crippen molar-refractivity contribution in [2.75, 3.05) is 6.61 Å². The maximum Gasteiger partial charge on any atom is 0.311 e. The molecule has 0 bridgehead atoms. The van der Waals surface area contributed by atoms with Crippen LogP contribution < -0.4 is 4.74 Å². The normalized spacial score (nSPS) is 10.6. The SMILES string of the molecule is CCCCCCCCCCOc1cc(Cl)ccc1[N+](=O)[O-]. The van der Waals surface area contributed by atoms with Crippen molar-refractivity contribution in [3.8, 4) is 5.75 Å². The van der Waals surface area contributed by atoms with Gasteiger partial charge in [0, 0.05) is 17.2 Å². The highest BCUT2D eigenvalue weighted by molar-refractivity contribution is 6.30. The molecule has 0 heterocycles. The number of halogens is 1. The van der Waals surface area contributed by atoms with Crippen LogP contribution in [0.4, 0.5) is 5.69 Å². The van der Waals surface area contributed by atoms with Gasteiger partial charge in [-0.15, -0.1) is 0 Å². The van der Waals surface area contributed by atoms with Gasteiger partial charge in [-0.1, -0.05) is 63.5 Å². The largest absolute Gasteiger partial charge is 0.487 e. The minimum atomic E-state index is -0.445. The second kappa shape index (κ2) is 10.4. The van der Waals surface area contributed by atoms with Gasteiger partial charge in [0.1, 0.15) is 0 Å². The van der Waals surface area contributed by atoms with Gasteiger partial charge in [-0.3, -0.25) is 10.1 Å². The molecular formula is C16H24ClNO3. The van der Waals surface area contributed by atoms with Crippen LogP contribution in [0.1, 0.15) is 58.3 Å². The van der Waals surface area contributed by atoms with E-state index < -0.39 is 4.92 Å². The average molecular weight is 314 g/mol. The van der Waals surface area contributed by atoms with Crippen molar-refractivity contribution in [2.24, 2.45) is 0 Å². The first-order valence-electron chi connectivity index (χ1n) is 7.72. The Morgan fingerprint density at radius 3 is 2.33 bits per heavy atom. The molecule has 21 heavy (non-hydrogen) atoms. The lowest BCUT2D eigenvalue weighted by atomic mass is 10.1. The number of nitro benzene ring substituents is 1. The van der Waals surface area contributed by atoms with Gasteiger partial charge in [-0.05, 0) is 12.5 Å². The van der Waals surface area contributed by atoms with E-state index in [1.807, 2.05) is 0 Å². The number of nitro groups is 1. The topological polar surface area (TPSA) is 52.4 Å². The fraction of sp³-hybridized carbons (Fsp3) is 0.625. The van der Waals surface area contributed by atoms with Gasteiger partial charge in [0.2, 0.25) is 0 Å². The van der Waals surface area contributed by atoms with E-state index in [0.29, 0.717) is 11.6 Å². The molecule has 0 aromatic heterocycles. The molecule has 0 unspecified atom stereocenters. The van der Waals surface area contributed by atoms with E-state index in [1.165, 1.54) is 56.7 Å². The molecule has 0 saturated carbocycles. The maximum absolute atomic E-state index is 10.9. The number of hydrogen-bond donors (Lipinski definition) is 0. The van der Waals surface area contributed by atoms with E-state index in [-0.39, 0.29) is 11.4 Å². The lowest BCUT2D eigenvalue weighted by Crippen LogP contribution is -2.00. The molecular weight excluding hydrogens is 290 g/mol. The van der Waals surface area contributed by atoms with Gasteiger partial charge in [-0.25, -0.2) is 0 Å². The van der Waals surface area contributed by atoms with E-state index in [9.17, 15) is 10.1 Å². The van der Waals surface area contributed by atoms with Crippen LogP contribution in [0, 0.1) is 10.1 Å². The number of ether oxygens (including phenoxy) is 1. The van der Waals surface area contributed by atoms with E-state index >= 15 is 0 Å². The molecule has 0 atom stereocenters. The van der Waals surface area contributed by atoms with Gasteiger partial charge in [0.05, 0.1) is 11.5 Å². The van der Waals surface area contributed by atoms with Crippen LogP contribution in [0.5, 0.6) is 5.75 Å². The molecule has 0 aliphatic heterocycles. The minimum Gasteiger partial charge on any atom is -0.487 e. The van der Waals surface area contributed by atoms with Crippen molar-refractivity contribution in [3.63, 3.8) is 0 Å². The summed E-state index contributed by atoms with van der Waals surface area (Å²) < 4.78 is 5.50. The lowest BCUT2D eigenvalue weighted by Gasteiger charge is -2.07. The zero-order valence-corrected chi connectivity index (χ0v) is 13.4. The highest BCUT2D eigenvalue weighted by Gasteiger charge is 2.14. The summed E-state index contributed by atoms with van der Waals surface area (Å²) in [7, 11) is 0. The first-order valence-corrected chi connectivity index (χ1v) is 8.09. The zero-order valence-electron chi connectivity index (χ0n) is 12.6. The summed E-state index contributed by atoms with van der Waals surface area (Å²) in [5, 5.41) is 11.3. The standard InChI is InChI=1S/C16H24ClNO3/c1-2-3-4-5-6-7-8-9-12-21-16-13-14(17)10-11-15(16)18(19)20/h10-11,13H,2-9,12H2,1H3. The summed E-state index contributed by atoms with van der Waals surface area (Å²) in [5.41, 5.74) is -0.0287. The van der Waals surface area contributed by atoms with Gasteiger partial charge >= 0.3 is 5.69 Å². The van der Waals surface area contributed by atoms with E-state index in [0.717, 1.165) is 12.8 Å². The van der Waals surface area contributed by atoms with Crippen LogP contribution in [0.3, 0.4) is 0 Å². The Morgan fingerprint density at radius 1 is 1.10 bits per heavy atom. The van der Waals surface area contributed by atoms with Crippen LogP contribution in [0.25, 0.3) is 0 Å². The Balaban J connectivity index is 2.21. The minimum absolute atomic E-state index is 0.0287. The number of unbranched alkanes of at least 4 members (excludes halogenated alkanes) is 7. The fourth-order valence-electron chi connectivity index (χ4n) is 2.17. The molecule has 1 aromatic carbocycles. The maximum atomic E-state index is 10.9. The molecule has 0 aliphatic carbocycles. The van der Waals surface area contributed by atoms with E-state index in [1.54, 1.807) is 0 Å². The summed E-state index contributed by atoms with van der Waals surface area (Å²) in [6.45, 7) is 2.71. The average Bonchev–Trinajstić information content (AvgIpc) is 2.45. The molecule has 0 amide bonds. The van der Waals surface area contributed by atoms with E-state index in [2.05, 4.69) is 6.92 Å². The predicted octanol–water partition coefficient (Wildman–Crippen LogP) is 5.77. The molecule has 1 aromatic rings. The second-order valence-corrected chi connectivity index (χ2v) is 5.63. The molecule has 1 rings (SSSR count). The molecule has 0 radical (unpaired) electrons.